The van der Waals surface area contributed by atoms with Crippen LogP contribution in [-0.4, -0.2) is 11.1 Å². The molecule has 2 rings (SSSR count). The van der Waals surface area contributed by atoms with Crippen molar-refractivity contribution in [3.8, 4) is 11.1 Å². The molecule has 0 bridgehead atoms. The van der Waals surface area contributed by atoms with E-state index >= 15 is 0 Å². The van der Waals surface area contributed by atoms with E-state index in [1.54, 1.807) is 31.2 Å². The molecule has 0 heterocycles. The van der Waals surface area contributed by atoms with Crippen molar-refractivity contribution >= 4 is 11.5 Å². The van der Waals surface area contributed by atoms with Crippen molar-refractivity contribution in [1.29, 1.82) is 0 Å². The monoisotopic (exact) mass is 274 g/mol. The molecule has 0 aromatic heterocycles. The summed E-state index contributed by atoms with van der Waals surface area (Å²) >= 11 is 0. The second kappa shape index (κ2) is 5.65. The van der Waals surface area contributed by atoms with E-state index < -0.39 is 17.6 Å². The molecule has 2 aromatic rings. The smallest absolute Gasteiger partial charge is 0.328 e. The molecule has 0 spiro atoms. The van der Waals surface area contributed by atoms with Crippen LogP contribution in [0.1, 0.15) is 12.5 Å². The van der Waals surface area contributed by atoms with Crippen LogP contribution in [0, 0.1) is 11.6 Å². The van der Waals surface area contributed by atoms with Gasteiger partial charge in [-0.1, -0.05) is 30.3 Å². The van der Waals surface area contributed by atoms with Crippen LogP contribution in [0.5, 0.6) is 0 Å². The molecular formula is C16H12F2O2. The van der Waals surface area contributed by atoms with E-state index in [1.807, 2.05) is 0 Å². The lowest BCUT2D eigenvalue weighted by atomic mass is 10.0. The average Bonchev–Trinajstić information content (AvgIpc) is 2.41. The molecule has 0 atom stereocenters. The molecular weight excluding hydrogens is 262 g/mol. The average molecular weight is 274 g/mol. The Morgan fingerprint density at radius 2 is 1.60 bits per heavy atom. The van der Waals surface area contributed by atoms with Crippen LogP contribution in [0.15, 0.2) is 48.5 Å². The Morgan fingerprint density at radius 3 is 2.15 bits per heavy atom. The fourth-order valence-electron chi connectivity index (χ4n) is 1.87. The molecule has 0 saturated heterocycles. The van der Waals surface area contributed by atoms with Gasteiger partial charge in [0.1, 0.15) is 0 Å². The lowest BCUT2D eigenvalue weighted by molar-refractivity contribution is -0.131. The lowest BCUT2D eigenvalue weighted by Crippen LogP contribution is -1.90. The molecule has 0 aliphatic heterocycles. The molecule has 0 unspecified atom stereocenters. The molecule has 2 aromatic carbocycles. The van der Waals surface area contributed by atoms with Gasteiger partial charge >= 0.3 is 5.97 Å². The number of rotatable bonds is 3. The number of aliphatic carboxylic acids is 1. The first kappa shape index (κ1) is 13.9. The first-order chi connectivity index (χ1) is 9.47. The van der Waals surface area contributed by atoms with Gasteiger partial charge in [0.2, 0.25) is 0 Å². The predicted octanol–water partition coefficient (Wildman–Crippen LogP) is 4.12. The topological polar surface area (TPSA) is 37.3 Å². The van der Waals surface area contributed by atoms with Crippen molar-refractivity contribution in [1.82, 2.24) is 0 Å². The predicted molar refractivity (Wildman–Crippen MR) is 73.1 cm³/mol. The van der Waals surface area contributed by atoms with Crippen molar-refractivity contribution in [2.45, 2.75) is 6.92 Å². The zero-order valence-electron chi connectivity index (χ0n) is 10.7. The molecule has 0 fully saturated rings. The van der Waals surface area contributed by atoms with Gasteiger partial charge < -0.3 is 5.11 Å². The molecule has 102 valence electrons. The van der Waals surface area contributed by atoms with E-state index in [1.165, 1.54) is 6.07 Å². The first-order valence-corrected chi connectivity index (χ1v) is 5.94. The minimum Gasteiger partial charge on any atom is -0.478 e. The Bertz CT molecular complexity index is 673. The lowest BCUT2D eigenvalue weighted by Gasteiger charge is -2.05. The summed E-state index contributed by atoms with van der Waals surface area (Å²) in [5.41, 5.74) is 2.68. The quantitative estimate of drug-likeness (QED) is 0.855. The van der Waals surface area contributed by atoms with Gasteiger partial charge in [0, 0.05) is 6.08 Å². The van der Waals surface area contributed by atoms with Gasteiger partial charge in [0.25, 0.3) is 0 Å². The third kappa shape index (κ3) is 3.09. The Kier molecular flexibility index (Phi) is 3.94. The van der Waals surface area contributed by atoms with Crippen molar-refractivity contribution in [3.05, 3.63) is 65.7 Å². The first-order valence-electron chi connectivity index (χ1n) is 5.94. The van der Waals surface area contributed by atoms with E-state index in [0.717, 1.165) is 29.3 Å². The Balaban J connectivity index is 2.32. The van der Waals surface area contributed by atoms with Gasteiger partial charge in [0.15, 0.2) is 11.6 Å². The van der Waals surface area contributed by atoms with Crippen molar-refractivity contribution in [2.24, 2.45) is 0 Å². The van der Waals surface area contributed by atoms with Crippen LogP contribution < -0.4 is 0 Å². The second-order valence-electron chi connectivity index (χ2n) is 4.37. The zero-order chi connectivity index (χ0) is 14.7. The summed E-state index contributed by atoms with van der Waals surface area (Å²) in [6.07, 6.45) is 1.12. The summed E-state index contributed by atoms with van der Waals surface area (Å²) in [6.45, 7) is 1.70. The van der Waals surface area contributed by atoms with Crippen LogP contribution in [0.3, 0.4) is 0 Å². The maximum Gasteiger partial charge on any atom is 0.328 e. The van der Waals surface area contributed by atoms with Crippen molar-refractivity contribution in [2.75, 3.05) is 0 Å². The number of allylic oxidation sites excluding steroid dienone is 1. The minimum atomic E-state index is -1.01. The van der Waals surface area contributed by atoms with Gasteiger partial charge in [-0.3, -0.25) is 0 Å². The zero-order valence-corrected chi connectivity index (χ0v) is 10.7. The summed E-state index contributed by atoms with van der Waals surface area (Å²) in [5, 5.41) is 8.68. The number of hydrogen-bond acceptors (Lipinski definition) is 1. The Morgan fingerprint density at radius 1 is 1.00 bits per heavy atom. The molecule has 0 amide bonds. The van der Waals surface area contributed by atoms with E-state index in [-0.39, 0.29) is 0 Å². The Hall–Kier alpha value is -2.49. The second-order valence-corrected chi connectivity index (χ2v) is 4.37. The van der Waals surface area contributed by atoms with Crippen LogP contribution in [0.4, 0.5) is 8.78 Å². The van der Waals surface area contributed by atoms with E-state index in [9.17, 15) is 13.6 Å². The van der Waals surface area contributed by atoms with Crippen LogP contribution in [0.2, 0.25) is 0 Å². The van der Waals surface area contributed by atoms with Gasteiger partial charge in [-0.25, -0.2) is 13.6 Å². The molecule has 0 aliphatic carbocycles. The highest BCUT2D eigenvalue weighted by Gasteiger charge is 2.05. The van der Waals surface area contributed by atoms with Crippen molar-refractivity contribution in [3.63, 3.8) is 0 Å². The molecule has 2 nitrogen and oxygen atoms in total. The molecule has 4 heteroatoms. The van der Waals surface area contributed by atoms with Crippen LogP contribution in [0.25, 0.3) is 16.7 Å². The van der Waals surface area contributed by atoms with Crippen LogP contribution >= 0.6 is 0 Å². The van der Waals surface area contributed by atoms with E-state index in [4.69, 9.17) is 5.11 Å². The molecule has 0 saturated carbocycles. The molecule has 0 radical (unpaired) electrons. The number of hydrogen-bond donors (Lipinski definition) is 1. The standard InChI is InChI=1S/C16H12F2O2/c1-10(8-16(19)20)11-2-4-12(5-3-11)13-6-7-14(17)15(18)9-13/h2-9H,1H3,(H,19,20)/b10-8+. The van der Waals surface area contributed by atoms with Gasteiger partial charge in [-0.15, -0.1) is 0 Å². The molecule has 1 N–H and O–H groups in total. The summed E-state index contributed by atoms with van der Waals surface area (Å²) in [7, 11) is 0. The van der Waals surface area contributed by atoms with Gasteiger partial charge in [-0.2, -0.15) is 0 Å². The highest BCUT2D eigenvalue weighted by Crippen LogP contribution is 2.23. The number of benzene rings is 2. The Labute approximate surface area is 115 Å². The summed E-state index contributed by atoms with van der Waals surface area (Å²) in [6, 6.07) is 10.7. The van der Waals surface area contributed by atoms with E-state index in [2.05, 4.69) is 0 Å². The normalized spacial score (nSPS) is 11.4. The molecule has 20 heavy (non-hydrogen) atoms. The highest BCUT2D eigenvalue weighted by molar-refractivity contribution is 5.89. The van der Waals surface area contributed by atoms with Crippen molar-refractivity contribution < 1.29 is 18.7 Å². The highest BCUT2D eigenvalue weighted by atomic mass is 19.2. The molecule has 0 aliphatic rings. The maximum atomic E-state index is 13.2. The van der Waals surface area contributed by atoms with Gasteiger partial charge in [-0.05, 0) is 41.3 Å². The number of carboxylic acid groups (broad SMARTS) is 1. The SMILES string of the molecule is C/C(=C\C(=O)O)c1ccc(-c2ccc(F)c(F)c2)cc1. The summed E-state index contributed by atoms with van der Waals surface area (Å²) in [4.78, 5) is 10.6. The number of halogens is 2. The third-order valence-corrected chi connectivity index (χ3v) is 2.93. The summed E-state index contributed by atoms with van der Waals surface area (Å²) < 4.78 is 26.0. The maximum absolute atomic E-state index is 13.2. The third-order valence-electron chi connectivity index (χ3n) is 2.93. The number of carbonyl (C=O) groups is 1. The number of carboxylic acids is 1. The fourth-order valence-corrected chi connectivity index (χ4v) is 1.87. The minimum absolute atomic E-state index is 0.565. The van der Waals surface area contributed by atoms with E-state index in [0.29, 0.717) is 11.1 Å². The summed E-state index contributed by atoms with van der Waals surface area (Å²) in [5.74, 6) is -2.79. The van der Waals surface area contributed by atoms with Gasteiger partial charge in [0.05, 0.1) is 0 Å². The fraction of sp³-hybridized carbons (Fsp3) is 0.0625. The largest absolute Gasteiger partial charge is 0.478 e. The van der Waals surface area contributed by atoms with Crippen LogP contribution in [-0.2, 0) is 4.79 Å².